The van der Waals surface area contributed by atoms with Crippen LogP contribution in [0.15, 0.2) is 4.99 Å². The van der Waals surface area contributed by atoms with Gasteiger partial charge in [-0.1, -0.05) is 20.8 Å². The van der Waals surface area contributed by atoms with Crippen LogP contribution in [0.5, 0.6) is 0 Å². The van der Waals surface area contributed by atoms with Gasteiger partial charge in [0.05, 0.1) is 0 Å². The molecule has 1 aliphatic carbocycles. The number of carbonyl (C=O) groups excluding carboxylic acids is 1. The topological polar surface area (TPSA) is 56.7 Å². The lowest BCUT2D eigenvalue weighted by Crippen LogP contribution is -2.45. The molecule has 1 heterocycles. The number of carbonyl (C=O) groups is 1. The summed E-state index contributed by atoms with van der Waals surface area (Å²) < 4.78 is 0. The number of hydrogen-bond acceptors (Lipinski definition) is 2. The van der Waals surface area contributed by atoms with E-state index in [0.29, 0.717) is 17.9 Å². The number of aliphatic imine (C=N–C) groups is 1. The van der Waals surface area contributed by atoms with Crippen molar-refractivity contribution >= 4 is 11.9 Å². The molecule has 0 spiro atoms. The summed E-state index contributed by atoms with van der Waals surface area (Å²) in [7, 11) is 0. The zero-order valence-electron chi connectivity index (χ0n) is 13.9. The third-order valence-corrected chi connectivity index (χ3v) is 4.72. The van der Waals surface area contributed by atoms with Crippen molar-refractivity contribution in [1.82, 2.24) is 15.5 Å². The zero-order valence-corrected chi connectivity index (χ0v) is 13.9. The van der Waals surface area contributed by atoms with Crippen molar-refractivity contribution in [3.8, 4) is 0 Å². The highest BCUT2D eigenvalue weighted by Crippen LogP contribution is 2.51. The Bertz CT molecular complexity index is 405. The minimum absolute atomic E-state index is 0.251. The van der Waals surface area contributed by atoms with Gasteiger partial charge in [-0.3, -0.25) is 9.79 Å². The Hall–Kier alpha value is -1.26. The number of guanidine groups is 1. The minimum atomic E-state index is 0.251. The highest BCUT2D eigenvalue weighted by Gasteiger charge is 2.45. The first kappa shape index (κ1) is 16.1. The van der Waals surface area contributed by atoms with Crippen LogP contribution in [-0.2, 0) is 4.79 Å². The van der Waals surface area contributed by atoms with Crippen LogP contribution in [0.3, 0.4) is 0 Å². The van der Waals surface area contributed by atoms with Crippen molar-refractivity contribution in [3.05, 3.63) is 0 Å². The fourth-order valence-electron chi connectivity index (χ4n) is 2.93. The molecule has 0 radical (unpaired) electrons. The van der Waals surface area contributed by atoms with E-state index in [9.17, 15) is 4.79 Å². The van der Waals surface area contributed by atoms with Gasteiger partial charge in [-0.2, -0.15) is 0 Å². The van der Waals surface area contributed by atoms with Crippen LogP contribution in [0, 0.1) is 11.3 Å². The molecule has 1 amide bonds. The molecule has 0 aromatic carbocycles. The van der Waals surface area contributed by atoms with E-state index in [2.05, 4.69) is 31.4 Å². The Morgan fingerprint density at radius 2 is 2.10 bits per heavy atom. The summed E-state index contributed by atoms with van der Waals surface area (Å²) in [5, 5.41) is 6.79. The van der Waals surface area contributed by atoms with Gasteiger partial charge in [0, 0.05) is 38.6 Å². The Morgan fingerprint density at radius 3 is 2.67 bits per heavy atom. The lowest BCUT2D eigenvalue weighted by molar-refractivity contribution is -0.129. The molecule has 2 N–H and O–H groups in total. The predicted octanol–water partition coefficient (Wildman–Crippen LogP) is 1.60. The molecule has 2 unspecified atom stereocenters. The van der Waals surface area contributed by atoms with Gasteiger partial charge < -0.3 is 15.5 Å². The van der Waals surface area contributed by atoms with Crippen molar-refractivity contribution in [1.29, 1.82) is 0 Å². The molecule has 2 aliphatic rings. The highest BCUT2D eigenvalue weighted by atomic mass is 16.2. The van der Waals surface area contributed by atoms with Gasteiger partial charge in [0.1, 0.15) is 0 Å². The Kier molecular flexibility index (Phi) is 5.12. The van der Waals surface area contributed by atoms with Crippen molar-refractivity contribution < 1.29 is 4.79 Å². The summed E-state index contributed by atoms with van der Waals surface area (Å²) in [6, 6.07) is 0.325. The summed E-state index contributed by atoms with van der Waals surface area (Å²) in [6.45, 7) is 12.0. The minimum Gasteiger partial charge on any atom is -0.357 e. The largest absolute Gasteiger partial charge is 0.357 e. The van der Waals surface area contributed by atoms with E-state index in [1.165, 1.54) is 6.42 Å². The lowest BCUT2D eigenvalue weighted by atomic mass is 10.1. The smallest absolute Gasteiger partial charge is 0.222 e. The molecule has 21 heavy (non-hydrogen) atoms. The second kappa shape index (κ2) is 6.67. The summed E-state index contributed by atoms with van der Waals surface area (Å²) >= 11 is 0. The van der Waals surface area contributed by atoms with E-state index >= 15 is 0 Å². The predicted molar refractivity (Wildman–Crippen MR) is 86.3 cm³/mol. The molecule has 0 aromatic rings. The third kappa shape index (κ3) is 4.35. The van der Waals surface area contributed by atoms with E-state index in [1.54, 1.807) is 0 Å². The number of hydrogen-bond donors (Lipinski definition) is 2. The molecule has 1 saturated heterocycles. The number of likely N-dealkylation sites (tertiary alicyclic amines) is 1. The van der Waals surface area contributed by atoms with Gasteiger partial charge in [0.2, 0.25) is 5.91 Å². The van der Waals surface area contributed by atoms with E-state index < -0.39 is 0 Å². The fourth-order valence-corrected chi connectivity index (χ4v) is 2.93. The van der Waals surface area contributed by atoms with Crippen molar-refractivity contribution in [3.63, 3.8) is 0 Å². The van der Waals surface area contributed by atoms with Crippen LogP contribution in [0.2, 0.25) is 0 Å². The molecule has 120 valence electrons. The molecular formula is C16H30N4O. The van der Waals surface area contributed by atoms with Gasteiger partial charge in [-0.15, -0.1) is 0 Å². The standard InChI is InChI=1S/C16H30N4O/c1-5-14(21)20-8-7-13(11-20)19-15(17-6-2)18-10-12-9-16(12,3)4/h12-13H,5-11H2,1-4H3,(H2,17,18,19). The monoisotopic (exact) mass is 294 g/mol. The first-order valence-electron chi connectivity index (χ1n) is 8.29. The maximum atomic E-state index is 11.7. The molecule has 2 fully saturated rings. The number of amides is 1. The van der Waals surface area contributed by atoms with Crippen LogP contribution in [0.1, 0.15) is 47.0 Å². The molecule has 0 aromatic heterocycles. The summed E-state index contributed by atoms with van der Waals surface area (Å²) in [6.07, 6.45) is 2.88. The summed E-state index contributed by atoms with van der Waals surface area (Å²) in [4.78, 5) is 18.4. The average molecular weight is 294 g/mol. The molecule has 2 atom stereocenters. The van der Waals surface area contributed by atoms with Gasteiger partial charge in [0.15, 0.2) is 5.96 Å². The Labute approximate surface area is 128 Å². The van der Waals surface area contributed by atoms with Crippen LogP contribution in [0.25, 0.3) is 0 Å². The fraction of sp³-hybridized carbons (Fsp3) is 0.875. The number of nitrogens with one attached hydrogen (secondary N) is 2. The number of rotatable bonds is 5. The van der Waals surface area contributed by atoms with Gasteiger partial charge in [0.25, 0.3) is 0 Å². The van der Waals surface area contributed by atoms with E-state index in [-0.39, 0.29) is 5.91 Å². The normalized spacial score (nSPS) is 27.6. The average Bonchev–Trinajstić information content (AvgIpc) is 2.86. The first-order chi connectivity index (χ1) is 9.96. The van der Waals surface area contributed by atoms with Crippen LogP contribution >= 0.6 is 0 Å². The molecule has 1 saturated carbocycles. The summed E-state index contributed by atoms with van der Waals surface area (Å²) in [5.74, 6) is 1.87. The van der Waals surface area contributed by atoms with E-state index in [1.807, 2.05) is 11.8 Å². The molecule has 2 rings (SSSR count). The SMILES string of the molecule is CCNC(=NCC1CC1(C)C)NC1CCN(C(=O)CC)C1. The maximum Gasteiger partial charge on any atom is 0.222 e. The maximum absolute atomic E-state index is 11.7. The van der Waals surface area contributed by atoms with Crippen molar-refractivity contribution in [2.45, 2.75) is 53.0 Å². The highest BCUT2D eigenvalue weighted by molar-refractivity contribution is 5.80. The molecule has 5 heteroatoms. The quantitative estimate of drug-likeness (QED) is 0.598. The zero-order chi connectivity index (χ0) is 15.5. The summed E-state index contributed by atoms with van der Waals surface area (Å²) in [5.41, 5.74) is 0.471. The lowest BCUT2D eigenvalue weighted by Gasteiger charge is -2.18. The Morgan fingerprint density at radius 1 is 1.38 bits per heavy atom. The van der Waals surface area contributed by atoms with Gasteiger partial charge in [-0.05, 0) is 31.1 Å². The second-order valence-corrected chi connectivity index (χ2v) is 6.93. The molecule has 0 bridgehead atoms. The van der Waals surface area contributed by atoms with Gasteiger partial charge in [-0.25, -0.2) is 0 Å². The molecule has 5 nitrogen and oxygen atoms in total. The first-order valence-corrected chi connectivity index (χ1v) is 8.29. The second-order valence-electron chi connectivity index (χ2n) is 6.93. The van der Waals surface area contributed by atoms with Crippen molar-refractivity contribution in [2.75, 3.05) is 26.2 Å². The van der Waals surface area contributed by atoms with Crippen LogP contribution < -0.4 is 10.6 Å². The van der Waals surface area contributed by atoms with Crippen molar-refractivity contribution in [2.24, 2.45) is 16.3 Å². The molecular weight excluding hydrogens is 264 g/mol. The van der Waals surface area contributed by atoms with Crippen LogP contribution in [-0.4, -0.2) is 49.0 Å². The Balaban J connectivity index is 1.83. The van der Waals surface area contributed by atoms with E-state index in [0.717, 1.165) is 44.5 Å². The number of nitrogens with zero attached hydrogens (tertiary/aromatic N) is 2. The van der Waals surface area contributed by atoms with E-state index in [4.69, 9.17) is 4.99 Å². The molecule has 1 aliphatic heterocycles. The van der Waals surface area contributed by atoms with Gasteiger partial charge >= 0.3 is 0 Å². The van der Waals surface area contributed by atoms with Crippen LogP contribution in [0.4, 0.5) is 0 Å². The third-order valence-electron chi connectivity index (χ3n) is 4.72.